The lowest BCUT2D eigenvalue weighted by Gasteiger charge is -2.16. The van der Waals surface area contributed by atoms with Crippen molar-refractivity contribution in [1.82, 2.24) is 9.78 Å². The van der Waals surface area contributed by atoms with Crippen LogP contribution in [-0.4, -0.2) is 25.5 Å². The van der Waals surface area contributed by atoms with Crippen LogP contribution >= 0.6 is 0 Å². The summed E-state index contributed by atoms with van der Waals surface area (Å²) in [5.74, 6) is 1.45. The van der Waals surface area contributed by atoms with Crippen molar-refractivity contribution < 1.29 is 4.21 Å². The maximum Gasteiger partial charge on any atom is 0.111 e. The molecule has 1 aliphatic heterocycles. The molecule has 88 valence electrons. The predicted molar refractivity (Wildman–Crippen MR) is 68.1 cm³/mol. The van der Waals surface area contributed by atoms with E-state index in [9.17, 15) is 4.21 Å². The summed E-state index contributed by atoms with van der Waals surface area (Å²) in [5.41, 5.74) is 1.69. The van der Waals surface area contributed by atoms with Gasteiger partial charge >= 0.3 is 0 Å². The summed E-state index contributed by atoms with van der Waals surface area (Å²) in [6.45, 7) is 0. The highest BCUT2D eigenvalue weighted by Gasteiger charge is 2.19. The Hall–Kier alpha value is -1.62. The second-order valence-electron chi connectivity index (χ2n) is 4.10. The first-order valence-corrected chi connectivity index (χ1v) is 7.43. The molecule has 1 aliphatic rings. The molecule has 17 heavy (non-hydrogen) atoms. The molecule has 0 atom stereocenters. The van der Waals surface area contributed by atoms with Crippen molar-refractivity contribution in [2.24, 2.45) is 4.36 Å². The first-order chi connectivity index (χ1) is 8.25. The minimum Gasteiger partial charge on any atom is -0.249 e. The van der Waals surface area contributed by atoms with Gasteiger partial charge in [0.25, 0.3) is 0 Å². The molecule has 4 nitrogen and oxygen atoms in total. The highest BCUT2D eigenvalue weighted by Crippen LogP contribution is 2.21. The van der Waals surface area contributed by atoms with Crippen LogP contribution in [0.5, 0.6) is 0 Å². The molecule has 0 bridgehead atoms. The fourth-order valence-corrected chi connectivity index (χ4v) is 3.20. The van der Waals surface area contributed by atoms with E-state index in [1.54, 1.807) is 10.9 Å². The number of aromatic nitrogens is 2. The maximum atomic E-state index is 12.0. The molecular weight excluding hydrogens is 234 g/mol. The van der Waals surface area contributed by atoms with Crippen molar-refractivity contribution in [1.29, 1.82) is 0 Å². The standard InChI is InChI=1S/C12H13N3OS/c16-17(7-4-8-17)14-11-9-13-15(10-11)12-5-2-1-3-6-12/h1-3,5-6,9-10H,4,7-8H2. The van der Waals surface area contributed by atoms with E-state index in [4.69, 9.17) is 0 Å². The zero-order valence-electron chi connectivity index (χ0n) is 9.32. The van der Waals surface area contributed by atoms with Gasteiger partial charge < -0.3 is 0 Å². The summed E-state index contributed by atoms with van der Waals surface area (Å²) in [6.07, 6.45) is 4.51. The van der Waals surface area contributed by atoms with Gasteiger partial charge in [0.15, 0.2) is 0 Å². The molecule has 0 aliphatic carbocycles. The van der Waals surface area contributed by atoms with Crippen LogP contribution < -0.4 is 0 Å². The molecule has 1 aromatic carbocycles. The van der Waals surface area contributed by atoms with Gasteiger partial charge in [-0.15, -0.1) is 0 Å². The van der Waals surface area contributed by atoms with Crippen molar-refractivity contribution in [2.45, 2.75) is 6.42 Å². The number of hydrogen-bond donors (Lipinski definition) is 0. The Bertz CT molecular complexity index is 629. The van der Waals surface area contributed by atoms with E-state index in [2.05, 4.69) is 9.46 Å². The van der Waals surface area contributed by atoms with Crippen LogP contribution in [0, 0.1) is 0 Å². The van der Waals surface area contributed by atoms with Gasteiger partial charge in [0.2, 0.25) is 0 Å². The van der Waals surface area contributed by atoms with E-state index in [1.807, 2.05) is 36.5 Å². The molecule has 2 heterocycles. The fraction of sp³-hybridized carbons (Fsp3) is 0.250. The molecule has 0 N–H and O–H groups in total. The van der Waals surface area contributed by atoms with E-state index in [0.29, 0.717) is 5.69 Å². The van der Waals surface area contributed by atoms with Crippen molar-refractivity contribution in [3.8, 4) is 5.69 Å². The van der Waals surface area contributed by atoms with E-state index >= 15 is 0 Å². The van der Waals surface area contributed by atoms with Crippen molar-refractivity contribution in [3.63, 3.8) is 0 Å². The molecule has 1 fully saturated rings. The first kappa shape index (κ1) is 10.5. The Morgan fingerprint density at radius 3 is 2.65 bits per heavy atom. The molecular formula is C12H13N3OS. The summed E-state index contributed by atoms with van der Waals surface area (Å²) in [4.78, 5) is 0. The Morgan fingerprint density at radius 1 is 1.24 bits per heavy atom. The number of rotatable bonds is 2. The van der Waals surface area contributed by atoms with Crippen molar-refractivity contribution in [3.05, 3.63) is 42.7 Å². The number of benzene rings is 1. The molecule has 0 spiro atoms. The van der Waals surface area contributed by atoms with Crippen LogP contribution in [0.2, 0.25) is 0 Å². The molecule has 0 amide bonds. The summed E-state index contributed by atoms with van der Waals surface area (Å²) in [6, 6.07) is 9.82. The second-order valence-corrected chi connectivity index (χ2v) is 6.65. The average molecular weight is 247 g/mol. The van der Waals surface area contributed by atoms with Crippen LogP contribution in [0.25, 0.3) is 5.69 Å². The van der Waals surface area contributed by atoms with Crippen LogP contribution in [0.3, 0.4) is 0 Å². The molecule has 1 saturated heterocycles. The Balaban J connectivity index is 1.94. The third kappa shape index (κ3) is 2.10. The largest absolute Gasteiger partial charge is 0.249 e. The lowest BCUT2D eigenvalue weighted by Crippen LogP contribution is -2.22. The minimum absolute atomic E-state index is 0.707. The molecule has 1 aromatic heterocycles. The quantitative estimate of drug-likeness (QED) is 0.818. The molecule has 0 unspecified atom stereocenters. The highest BCUT2D eigenvalue weighted by atomic mass is 32.2. The molecule has 0 radical (unpaired) electrons. The lowest BCUT2D eigenvalue weighted by molar-refractivity contribution is 0.663. The van der Waals surface area contributed by atoms with Crippen LogP contribution in [0.1, 0.15) is 6.42 Å². The van der Waals surface area contributed by atoms with E-state index < -0.39 is 9.73 Å². The van der Waals surface area contributed by atoms with Crippen LogP contribution in [0.4, 0.5) is 5.69 Å². The number of nitrogens with zero attached hydrogens (tertiary/aromatic N) is 3. The smallest absolute Gasteiger partial charge is 0.111 e. The van der Waals surface area contributed by atoms with E-state index in [1.165, 1.54) is 0 Å². The molecule has 5 heteroatoms. The van der Waals surface area contributed by atoms with Gasteiger partial charge in [0.1, 0.15) is 5.69 Å². The lowest BCUT2D eigenvalue weighted by atomic mass is 10.3. The number of hydrogen-bond acceptors (Lipinski definition) is 3. The van der Waals surface area contributed by atoms with E-state index in [-0.39, 0.29) is 0 Å². The average Bonchev–Trinajstić information content (AvgIpc) is 2.77. The van der Waals surface area contributed by atoms with Gasteiger partial charge in [0, 0.05) is 11.5 Å². The Kier molecular flexibility index (Phi) is 2.48. The molecule has 2 aromatic rings. The van der Waals surface area contributed by atoms with Gasteiger partial charge in [-0.05, 0) is 18.6 Å². The Morgan fingerprint density at radius 2 is 2.00 bits per heavy atom. The third-order valence-corrected chi connectivity index (χ3v) is 5.18. The first-order valence-electron chi connectivity index (χ1n) is 5.58. The van der Waals surface area contributed by atoms with Crippen LogP contribution in [-0.2, 0) is 9.73 Å². The van der Waals surface area contributed by atoms with Gasteiger partial charge in [-0.1, -0.05) is 18.2 Å². The summed E-state index contributed by atoms with van der Waals surface area (Å²) in [5, 5.41) is 4.23. The fourth-order valence-electron chi connectivity index (χ4n) is 1.76. The summed E-state index contributed by atoms with van der Waals surface area (Å²) >= 11 is 0. The highest BCUT2D eigenvalue weighted by molar-refractivity contribution is 7.95. The van der Waals surface area contributed by atoms with E-state index in [0.717, 1.165) is 23.6 Å². The molecule has 0 saturated carbocycles. The SMILES string of the molecule is O=S1(=Nc2cnn(-c3ccccc3)c2)CCC1. The van der Waals surface area contributed by atoms with Gasteiger partial charge in [0.05, 0.1) is 27.8 Å². The summed E-state index contributed by atoms with van der Waals surface area (Å²) in [7, 11) is -1.94. The predicted octanol–water partition coefficient (Wildman–Crippen LogP) is 2.38. The topological polar surface area (TPSA) is 47.2 Å². The normalized spacial score (nSPS) is 17.4. The Labute approximate surface area is 100 Å². The third-order valence-electron chi connectivity index (χ3n) is 2.79. The van der Waals surface area contributed by atoms with Gasteiger partial charge in [-0.2, -0.15) is 9.46 Å². The van der Waals surface area contributed by atoms with Gasteiger partial charge in [-0.3, -0.25) is 0 Å². The van der Waals surface area contributed by atoms with Crippen LogP contribution in [0.15, 0.2) is 47.1 Å². The van der Waals surface area contributed by atoms with Gasteiger partial charge in [-0.25, -0.2) is 8.89 Å². The van der Waals surface area contributed by atoms with Crippen molar-refractivity contribution in [2.75, 3.05) is 11.5 Å². The zero-order chi connectivity index (χ0) is 11.7. The monoisotopic (exact) mass is 247 g/mol. The maximum absolute atomic E-state index is 12.0. The second kappa shape index (κ2) is 4.00. The molecule has 3 rings (SSSR count). The zero-order valence-corrected chi connectivity index (χ0v) is 10.1. The summed E-state index contributed by atoms with van der Waals surface area (Å²) < 4.78 is 18.0. The number of para-hydroxylation sites is 1. The van der Waals surface area contributed by atoms with Crippen molar-refractivity contribution >= 4 is 15.4 Å². The minimum atomic E-state index is -1.94.